The van der Waals surface area contributed by atoms with E-state index >= 15 is 0 Å². The third-order valence-electron chi connectivity index (χ3n) is 4.25. The van der Waals surface area contributed by atoms with E-state index in [4.69, 9.17) is 11.6 Å². The number of nitrogens with one attached hydrogen (secondary N) is 1. The lowest BCUT2D eigenvalue weighted by molar-refractivity contribution is 0.434. The second-order valence-corrected chi connectivity index (χ2v) is 8.59. The summed E-state index contributed by atoms with van der Waals surface area (Å²) >= 11 is 5.81. The number of aromatic nitrogens is 2. The van der Waals surface area contributed by atoms with Crippen molar-refractivity contribution in [3.05, 3.63) is 47.2 Å². The van der Waals surface area contributed by atoms with E-state index in [-0.39, 0.29) is 5.75 Å². The van der Waals surface area contributed by atoms with Gasteiger partial charge in [-0.25, -0.2) is 18.4 Å². The lowest BCUT2D eigenvalue weighted by atomic mass is 10.00. The fourth-order valence-corrected chi connectivity index (χ4v) is 4.06. The monoisotopic (exact) mass is 380 g/mol. The predicted octanol–water partition coefficient (Wildman–Crippen LogP) is 3.31. The summed E-state index contributed by atoms with van der Waals surface area (Å²) in [6.07, 6.45) is 5.28. The summed E-state index contributed by atoms with van der Waals surface area (Å²) in [4.78, 5) is 10.7. The third kappa shape index (κ3) is 5.06. The molecule has 1 aromatic heterocycles. The molecule has 2 aromatic rings. The number of sulfonamides is 1. The van der Waals surface area contributed by atoms with Crippen molar-refractivity contribution in [1.82, 2.24) is 9.97 Å². The molecule has 6 nitrogen and oxygen atoms in total. The predicted molar refractivity (Wildman–Crippen MR) is 100 cm³/mol. The molecule has 0 radical (unpaired) electrons. The van der Waals surface area contributed by atoms with Crippen LogP contribution in [0.15, 0.2) is 36.7 Å². The normalized spacial score (nSPS) is 16.0. The largest absolute Gasteiger partial charge is 0.341 e. The average Bonchev–Trinajstić information content (AvgIpc) is 2.58. The Kier molecular flexibility index (Phi) is 5.44. The lowest BCUT2D eigenvalue weighted by Crippen LogP contribution is -2.34. The first-order valence-electron chi connectivity index (χ1n) is 8.23. The molecule has 25 heavy (non-hydrogen) atoms. The van der Waals surface area contributed by atoms with Crippen LogP contribution in [0.4, 0.5) is 11.6 Å². The Morgan fingerprint density at radius 2 is 1.76 bits per heavy atom. The number of hydrogen-bond donors (Lipinski definition) is 1. The summed E-state index contributed by atoms with van der Waals surface area (Å²) in [6.45, 7) is 4.11. The molecule has 0 spiro atoms. The maximum absolute atomic E-state index is 12.3. The number of halogens is 1. The molecule has 1 N–H and O–H groups in total. The van der Waals surface area contributed by atoms with Gasteiger partial charge < -0.3 is 4.90 Å². The maximum atomic E-state index is 12.3. The molecular formula is C17H21ClN4O2S. The Hall–Kier alpha value is -1.86. The van der Waals surface area contributed by atoms with E-state index in [1.54, 1.807) is 24.3 Å². The van der Waals surface area contributed by atoms with Gasteiger partial charge in [0.05, 0.1) is 23.8 Å². The summed E-state index contributed by atoms with van der Waals surface area (Å²) in [6, 6.07) is 6.73. The van der Waals surface area contributed by atoms with Gasteiger partial charge in [-0.1, -0.05) is 30.7 Å². The molecule has 1 fully saturated rings. The van der Waals surface area contributed by atoms with Gasteiger partial charge in [0.15, 0.2) is 0 Å². The molecule has 134 valence electrons. The highest BCUT2D eigenvalue weighted by atomic mass is 35.5. The summed E-state index contributed by atoms with van der Waals surface area (Å²) in [7, 11) is -3.53. The molecule has 1 aliphatic heterocycles. The minimum Gasteiger partial charge on any atom is -0.341 e. The van der Waals surface area contributed by atoms with Crippen LogP contribution in [0.1, 0.15) is 25.3 Å². The third-order valence-corrected chi connectivity index (χ3v) is 5.76. The van der Waals surface area contributed by atoms with Crippen LogP contribution in [0.5, 0.6) is 0 Å². The smallest absolute Gasteiger partial charge is 0.237 e. The second-order valence-electron chi connectivity index (χ2n) is 6.43. The molecule has 3 rings (SSSR count). The van der Waals surface area contributed by atoms with Gasteiger partial charge in [-0.05, 0) is 36.5 Å². The van der Waals surface area contributed by atoms with Crippen molar-refractivity contribution in [2.75, 3.05) is 22.7 Å². The number of piperidine rings is 1. The summed E-state index contributed by atoms with van der Waals surface area (Å²) in [5.74, 6) is 1.25. The van der Waals surface area contributed by atoms with Gasteiger partial charge in [-0.3, -0.25) is 4.72 Å². The first-order chi connectivity index (χ1) is 11.9. The summed E-state index contributed by atoms with van der Waals surface area (Å²) in [5.41, 5.74) is 1.03. The van der Waals surface area contributed by atoms with Crippen molar-refractivity contribution in [2.45, 2.75) is 25.5 Å². The summed E-state index contributed by atoms with van der Waals surface area (Å²) < 4.78 is 27.0. The standard InChI is InChI=1S/C17H21ClN4O2S/c1-13-6-8-22(9-7-13)17-19-10-16(11-20-17)21-25(23,24)12-14-2-4-15(18)5-3-14/h2-5,10-11,13,21H,6-9,12H2,1H3. The Labute approximate surface area is 153 Å². The van der Waals surface area contributed by atoms with Gasteiger partial charge in [-0.2, -0.15) is 0 Å². The van der Waals surface area contributed by atoms with Crippen LogP contribution in [-0.2, 0) is 15.8 Å². The topological polar surface area (TPSA) is 75.2 Å². The number of anilines is 2. The fraction of sp³-hybridized carbons (Fsp3) is 0.412. The van der Waals surface area contributed by atoms with E-state index in [1.807, 2.05) is 0 Å². The SMILES string of the molecule is CC1CCN(c2ncc(NS(=O)(=O)Cc3ccc(Cl)cc3)cn2)CC1. The number of benzene rings is 1. The number of nitrogens with zero attached hydrogens (tertiary/aromatic N) is 3. The van der Waals surface area contributed by atoms with Gasteiger partial charge in [-0.15, -0.1) is 0 Å². The zero-order valence-corrected chi connectivity index (χ0v) is 15.6. The molecule has 2 heterocycles. The molecule has 0 aliphatic carbocycles. The second kappa shape index (κ2) is 7.58. The van der Waals surface area contributed by atoms with Gasteiger partial charge in [0, 0.05) is 18.1 Å². The van der Waals surface area contributed by atoms with E-state index in [0.717, 1.165) is 31.8 Å². The molecule has 0 atom stereocenters. The van der Waals surface area contributed by atoms with Gasteiger partial charge >= 0.3 is 0 Å². The number of rotatable bonds is 5. The Morgan fingerprint density at radius 1 is 1.16 bits per heavy atom. The summed E-state index contributed by atoms with van der Waals surface area (Å²) in [5, 5.41) is 0.574. The molecule has 1 aliphatic rings. The highest BCUT2D eigenvalue weighted by Gasteiger charge is 2.18. The molecule has 0 bridgehead atoms. The van der Waals surface area contributed by atoms with Crippen LogP contribution >= 0.6 is 11.6 Å². The van der Waals surface area contributed by atoms with Crippen LogP contribution in [0, 0.1) is 5.92 Å². The van der Waals surface area contributed by atoms with Crippen LogP contribution in [0.25, 0.3) is 0 Å². The molecular weight excluding hydrogens is 360 g/mol. The van der Waals surface area contributed by atoms with Crippen molar-refractivity contribution < 1.29 is 8.42 Å². The first-order valence-corrected chi connectivity index (χ1v) is 10.3. The quantitative estimate of drug-likeness (QED) is 0.861. The highest BCUT2D eigenvalue weighted by molar-refractivity contribution is 7.91. The molecule has 1 saturated heterocycles. The lowest BCUT2D eigenvalue weighted by Gasteiger charge is -2.30. The van der Waals surface area contributed by atoms with Gasteiger partial charge in [0.1, 0.15) is 0 Å². The highest BCUT2D eigenvalue weighted by Crippen LogP contribution is 2.21. The van der Waals surface area contributed by atoms with E-state index in [2.05, 4.69) is 26.5 Å². The van der Waals surface area contributed by atoms with Crippen molar-refractivity contribution in [2.24, 2.45) is 5.92 Å². The van der Waals surface area contributed by atoms with Crippen molar-refractivity contribution in [1.29, 1.82) is 0 Å². The van der Waals surface area contributed by atoms with E-state index in [9.17, 15) is 8.42 Å². The van der Waals surface area contributed by atoms with Gasteiger partial charge in [0.2, 0.25) is 16.0 Å². The van der Waals surface area contributed by atoms with Crippen molar-refractivity contribution >= 4 is 33.3 Å². The Morgan fingerprint density at radius 3 is 2.36 bits per heavy atom. The van der Waals surface area contributed by atoms with E-state index < -0.39 is 10.0 Å². The Balaban J connectivity index is 1.63. The van der Waals surface area contributed by atoms with Crippen LogP contribution < -0.4 is 9.62 Å². The van der Waals surface area contributed by atoms with Crippen molar-refractivity contribution in [3.8, 4) is 0 Å². The minimum absolute atomic E-state index is 0.129. The first kappa shape index (κ1) is 17.9. The molecule has 8 heteroatoms. The minimum atomic E-state index is -3.53. The average molecular weight is 381 g/mol. The van der Waals surface area contributed by atoms with Crippen LogP contribution in [0.3, 0.4) is 0 Å². The maximum Gasteiger partial charge on any atom is 0.237 e. The zero-order chi connectivity index (χ0) is 17.9. The fourth-order valence-electron chi connectivity index (χ4n) is 2.76. The molecule has 0 unspecified atom stereocenters. The van der Waals surface area contributed by atoms with Gasteiger partial charge in [0.25, 0.3) is 0 Å². The molecule has 0 amide bonds. The van der Waals surface area contributed by atoms with Crippen LogP contribution in [-0.4, -0.2) is 31.5 Å². The van der Waals surface area contributed by atoms with Crippen molar-refractivity contribution in [3.63, 3.8) is 0 Å². The molecule has 0 saturated carbocycles. The number of hydrogen-bond acceptors (Lipinski definition) is 5. The van der Waals surface area contributed by atoms with Crippen LogP contribution in [0.2, 0.25) is 5.02 Å². The zero-order valence-electron chi connectivity index (χ0n) is 14.0. The Bertz CT molecular complexity index is 802. The molecule has 1 aromatic carbocycles. The van der Waals surface area contributed by atoms with E-state index in [1.165, 1.54) is 12.4 Å². The van der Waals surface area contributed by atoms with E-state index in [0.29, 0.717) is 22.2 Å².